The van der Waals surface area contributed by atoms with Crippen LogP contribution < -0.4 is 16.6 Å². The number of hydrogen-bond donors (Lipinski definition) is 3. The summed E-state index contributed by atoms with van der Waals surface area (Å²) in [6.07, 6.45) is -4.09. The fourth-order valence-electron chi connectivity index (χ4n) is 1.60. The number of halogens is 3. The van der Waals surface area contributed by atoms with E-state index < -0.39 is 11.7 Å². The predicted octanol–water partition coefficient (Wildman–Crippen LogP) is 1.73. The van der Waals surface area contributed by atoms with Crippen LogP contribution in [0.1, 0.15) is 17.3 Å². The molecule has 0 spiro atoms. The number of aromatic nitrogens is 3. The number of alkyl halides is 3. The molecule has 0 aliphatic heterocycles. The lowest BCUT2D eigenvalue weighted by Crippen LogP contribution is -2.15. The summed E-state index contributed by atoms with van der Waals surface area (Å²) in [5.41, 5.74) is 1.26. The van der Waals surface area contributed by atoms with Gasteiger partial charge < -0.3 is 15.3 Å². The highest BCUT2D eigenvalue weighted by molar-refractivity contribution is 5.49. The van der Waals surface area contributed by atoms with Gasteiger partial charge in [0.2, 0.25) is 5.89 Å². The molecule has 0 bridgehead atoms. The van der Waals surface area contributed by atoms with Crippen molar-refractivity contribution in [2.75, 3.05) is 17.3 Å². The minimum atomic E-state index is -4.48. The normalized spacial score (nSPS) is 11.5. The monoisotopic (exact) mass is 302 g/mol. The van der Waals surface area contributed by atoms with Gasteiger partial charge in [0.15, 0.2) is 5.82 Å². The van der Waals surface area contributed by atoms with E-state index in [2.05, 4.69) is 25.9 Å². The number of nitrogens with zero attached hydrogens (tertiary/aromatic N) is 3. The summed E-state index contributed by atoms with van der Waals surface area (Å²) < 4.78 is 42.9. The van der Waals surface area contributed by atoms with Gasteiger partial charge >= 0.3 is 6.18 Å². The van der Waals surface area contributed by atoms with Crippen molar-refractivity contribution in [1.29, 1.82) is 0 Å². The number of nitrogen functional groups attached to an aromatic ring is 1. The van der Waals surface area contributed by atoms with Crippen LogP contribution in [0, 0.1) is 6.92 Å². The van der Waals surface area contributed by atoms with Crippen molar-refractivity contribution < 1.29 is 17.7 Å². The first-order chi connectivity index (χ1) is 9.88. The van der Waals surface area contributed by atoms with Crippen molar-refractivity contribution >= 4 is 11.6 Å². The van der Waals surface area contributed by atoms with Gasteiger partial charge in [0.1, 0.15) is 11.6 Å². The number of hydrazine groups is 1. The van der Waals surface area contributed by atoms with E-state index >= 15 is 0 Å². The molecule has 2 rings (SSSR count). The van der Waals surface area contributed by atoms with Crippen LogP contribution in [0.15, 0.2) is 16.7 Å². The van der Waals surface area contributed by atoms with Gasteiger partial charge in [-0.2, -0.15) is 18.2 Å². The number of anilines is 2. The summed E-state index contributed by atoms with van der Waals surface area (Å²) in [4.78, 5) is 7.87. The Kier molecular flexibility index (Phi) is 4.26. The van der Waals surface area contributed by atoms with Crippen molar-refractivity contribution in [3.63, 3.8) is 0 Å². The maximum atomic E-state index is 12.7. The Morgan fingerprint density at radius 2 is 1.95 bits per heavy atom. The third kappa shape index (κ3) is 4.05. The van der Waals surface area contributed by atoms with Gasteiger partial charge in [0.25, 0.3) is 0 Å². The van der Waals surface area contributed by atoms with E-state index in [1.807, 2.05) is 0 Å². The van der Waals surface area contributed by atoms with Crippen LogP contribution in [0.2, 0.25) is 0 Å². The highest BCUT2D eigenvalue weighted by Crippen LogP contribution is 2.31. The summed E-state index contributed by atoms with van der Waals surface area (Å²) in [5, 5.41) is 6.44. The minimum Gasteiger partial charge on any atom is -0.370 e. The van der Waals surface area contributed by atoms with Gasteiger partial charge in [-0.1, -0.05) is 5.16 Å². The van der Waals surface area contributed by atoms with Crippen LogP contribution in [0.25, 0.3) is 0 Å². The molecular weight excluding hydrogens is 289 g/mol. The van der Waals surface area contributed by atoms with Crippen LogP contribution >= 0.6 is 0 Å². The molecule has 21 heavy (non-hydrogen) atoms. The number of rotatable bonds is 5. The van der Waals surface area contributed by atoms with Crippen molar-refractivity contribution in [1.82, 2.24) is 15.1 Å². The topological polar surface area (TPSA) is 102 Å². The van der Waals surface area contributed by atoms with E-state index in [1.54, 1.807) is 6.92 Å². The number of aryl methyl sites for hydroxylation is 1. The molecule has 0 aliphatic rings. The van der Waals surface area contributed by atoms with E-state index in [0.29, 0.717) is 24.7 Å². The molecule has 0 saturated carbocycles. The average molecular weight is 302 g/mol. The fourth-order valence-corrected chi connectivity index (χ4v) is 1.60. The SMILES string of the molecule is Cc1nc(CCNc2cc(C(F)(F)F)cc(NN)n2)no1. The summed E-state index contributed by atoms with van der Waals surface area (Å²) in [6.45, 7) is 1.95. The Balaban J connectivity index is 2.05. The van der Waals surface area contributed by atoms with Crippen LogP contribution in [0.3, 0.4) is 0 Å². The Morgan fingerprint density at radius 3 is 2.52 bits per heavy atom. The van der Waals surface area contributed by atoms with E-state index in [-0.39, 0.29) is 11.6 Å². The maximum absolute atomic E-state index is 12.7. The van der Waals surface area contributed by atoms with Crippen molar-refractivity contribution in [2.45, 2.75) is 19.5 Å². The summed E-state index contributed by atoms with van der Waals surface area (Å²) in [7, 11) is 0. The molecule has 0 saturated heterocycles. The third-order valence-electron chi connectivity index (χ3n) is 2.52. The molecule has 4 N–H and O–H groups in total. The Morgan fingerprint density at radius 1 is 1.24 bits per heavy atom. The molecule has 2 heterocycles. The van der Waals surface area contributed by atoms with Crippen LogP contribution in [-0.2, 0) is 12.6 Å². The van der Waals surface area contributed by atoms with Crippen molar-refractivity contribution in [2.24, 2.45) is 5.84 Å². The van der Waals surface area contributed by atoms with Crippen molar-refractivity contribution in [3.8, 4) is 0 Å². The average Bonchev–Trinajstić information content (AvgIpc) is 2.83. The Labute approximate surface area is 117 Å². The molecule has 2 aromatic rings. The number of nitrogens with two attached hydrogens (primary N) is 1. The molecule has 0 radical (unpaired) electrons. The Bertz CT molecular complexity index is 612. The van der Waals surface area contributed by atoms with Crippen LogP contribution in [-0.4, -0.2) is 21.7 Å². The zero-order valence-corrected chi connectivity index (χ0v) is 11.0. The number of hydrogen-bond acceptors (Lipinski definition) is 7. The molecular formula is C11H13F3N6O. The first-order valence-electron chi connectivity index (χ1n) is 5.97. The molecule has 10 heteroatoms. The molecule has 0 aliphatic carbocycles. The first kappa shape index (κ1) is 15.0. The first-order valence-corrected chi connectivity index (χ1v) is 5.97. The largest absolute Gasteiger partial charge is 0.416 e. The van der Waals surface area contributed by atoms with Gasteiger partial charge in [-0.05, 0) is 12.1 Å². The standard InChI is InChI=1S/C11H13F3N6O/c1-6-17-8(20-21-6)2-3-16-9-4-7(11(12,13)14)5-10(18-9)19-15/h4-5H,2-3,15H2,1H3,(H2,16,18,19). The van der Waals surface area contributed by atoms with Gasteiger partial charge in [-0.15, -0.1) is 0 Å². The van der Waals surface area contributed by atoms with Gasteiger partial charge in [-0.3, -0.25) is 0 Å². The highest BCUT2D eigenvalue weighted by atomic mass is 19.4. The second kappa shape index (κ2) is 5.95. The lowest BCUT2D eigenvalue weighted by Gasteiger charge is -2.12. The van der Waals surface area contributed by atoms with Crippen LogP contribution in [0.5, 0.6) is 0 Å². The smallest absolute Gasteiger partial charge is 0.370 e. The molecule has 0 fully saturated rings. The molecule has 114 valence electrons. The third-order valence-corrected chi connectivity index (χ3v) is 2.52. The molecule has 2 aromatic heterocycles. The number of pyridine rings is 1. The minimum absolute atomic E-state index is 0.0537. The highest BCUT2D eigenvalue weighted by Gasteiger charge is 2.31. The van der Waals surface area contributed by atoms with E-state index in [1.165, 1.54) is 0 Å². The molecule has 0 aromatic carbocycles. The second-order valence-corrected chi connectivity index (χ2v) is 4.17. The van der Waals surface area contributed by atoms with Gasteiger partial charge in [0.05, 0.1) is 5.56 Å². The van der Waals surface area contributed by atoms with E-state index in [0.717, 1.165) is 12.1 Å². The van der Waals surface area contributed by atoms with Gasteiger partial charge in [0, 0.05) is 19.9 Å². The zero-order valence-electron chi connectivity index (χ0n) is 11.0. The number of nitrogens with one attached hydrogen (secondary N) is 2. The predicted molar refractivity (Wildman–Crippen MR) is 68.3 cm³/mol. The summed E-state index contributed by atoms with van der Waals surface area (Å²) in [5.74, 6) is 5.98. The maximum Gasteiger partial charge on any atom is 0.416 e. The fraction of sp³-hybridized carbons (Fsp3) is 0.364. The second-order valence-electron chi connectivity index (χ2n) is 4.17. The molecule has 0 atom stereocenters. The van der Waals surface area contributed by atoms with E-state index in [4.69, 9.17) is 10.4 Å². The lowest BCUT2D eigenvalue weighted by molar-refractivity contribution is -0.137. The quantitative estimate of drug-likeness (QED) is 0.571. The molecule has 0 unspecified atom stereocenters. The molecule has 0 amide bonds. The van der Waals surface area contributed by atoms with Crippen LogP contribution in [0.4, 0.5) is 24.8 Å². The van der Waals surface area contributed by atoms with E-state index in [9.17, 15) is 13.2 Å². The summed E-state index contributed by atoms with van der Waals surface area (Å²) in [6, 6.07) is 1.73. The Hall–Kier alpha value is -2.36. The molecule has 7 nitrogen and oxygen atoms in total. The zero-order chi connectivity index (χ0) is 15.5. The summed E-state index contributed by atoms with van der Waals surface area (Å²) >= 11 is 0. The van der Waals surface area contributed by atoms with Gasteiger partial charge in [-0.25, -0.2) is 10.8 Å². The van der Waals surface area contributed by atoms with Crippen molar-refractivity contribution in [3.05, 3.63) is 29.4 Å². The lowest BCUT2D eigenvalue weighted by atomic mass is 10.2.